The van der Waals surface area contributed by atoms with Crippen molar-refractivity contribution in [2.75, 3.05) is 5.32 Å². The first kappa shape index (κ1) is 22.1. The monoisotopic (exact) mass is 395 g/mol. The molecule has 0 bridgehead atoms. The molecule has 0 aliphatic heterocycles. The minimum atomic E-state index is -6.09. The summed E-state index contributed by atoms with van der Waals surface area (Å²) in [6, 6.07) is 0.570. The van der Waals surface area contributed by atoms with Crippen molar-refractivity contribution in [2.24, 2.45) is 10.8 Å². The Balaban J connectivity index is 3.53. The molecule has 26 heavy (non-hydrogen) atoms. The molecular formula is C15H14F9NO. The van der Waals surface area contributed by atoms with Gasteiger partial charge in [0.05, 0.1) is 5.69 Å². The van der Waals surface area contributed by atoms with Gasteiger partial charge in [-0.3, -0.25) is 4.79 Å². The first-order valence-electron chi connectivity index (χ1n) is 7.02. The van der Waals surface area contributed by atoms with Crippen LogP contribution in [0.15, 0.2) is 12.1 Å². The molecular weight excluding hydrogens is 381 g/mol. The summed E-state index contributed by atoms with van der Waals surface area (Å²) in [7, 11) is 0. The first-order valence-corrected chi connectivity index (χ1v) is 7.02. The van der Waals surface area contributed by atoms with Crippen molar-refractivity contribution in [1.82, 2.24) is 0 Å². The summed E-state index contributed by atoms with van der Waals surface area (Å²) in [5.41, 5.74) is -7.84. The van der Waals surface area contributed by atoms with Gasteiger partial charge in [-0.05, 0) is 24.0 Å². The molecule has 0 aromatic heterocycles. The minimum absolute atomic E-state index is 0.251. The molecule has 11 heteroatoms. The van der Waals surface area contributed by atoms with Crippen molar-refractivity contribution in [3.63, 3.8) is 0 Å². The fourth-order valence-corrected chi connectivity index (χ4v) is 2.35. The van der Waals surface area contributed by atoms with Crippen LogP contribution in [0.3, 0.4) is 0 Å². The highest BCUT2D eigenvalue weighted by Gasteiger charge is 2.75. The van der Waals surface area contributed by atoms with Gasteiger partial charge >= 0.3 is 12.4 Å². The van der Waals surface area contributed by atoms with E-state index in [2.05, 4.69) is 0 Å². The lowest BCUT2D eigenvalue weighted by atomic mass is 9.71. The van der Waals surface area contributed by atoms with E-state index in [1.165, 1.54) is 0 Å². The number of carbonyl (C=O) groups is 1. The summed E-state index contributed by atoms with van der Waals surface area (Å²) in [6.07, 6.45) is -13.9. The van der Waals surface area contributed by atoms with Crippen LogP contribution in [0.2, 0.25) is 0 Å². The number of halogens is 9. The zero-order valence-corrected chi connectivity index (χ0v) is 13.7. The molecule has 0 aliphatic rings. The van der Waals surface area contributed by atoms with Crippen LogP contribution in [0.1, 0.15) is 27.2 Å². The third-order valence-electron chi connectivity index (χ3n) is 3.43. The highest BCUT2D eigenvalue weighted by Crippen LogP contribution is 2.56. The van der Waals surface area contributed by atoms with Crippen molar-refractivity contribution < 1.29 is 44.3 Å². The molecule has 0 atom stereocenters. The lowest BCUT2D eigenvalue weighted by Crippen LogP contribution is -2.59. The van der Waals surface area contributed by atoms with Crippen LogP contribution in [0, 0.1) is 28.3 Å². The molecule has 1 aromatic rings. The van der Waals surface area contributed by atoms with E-state index < -0.39 is 58.6 Å². The summed E-state index contributed by atoms with van der Waals surface area (Å²) < 4.78 is 120. The van der Waals surface area contributed by atoms with Crippen molar-refractivity contribution in [3.05, 3.63) is 29.6 Å². The van der Waals surface area contributed by atoms with Crippen molar-refractivity contribution in [3.8, 4) is 0 Å². The van der Waals surface area contributed by atoms with Gasteiger partial charge in [0.25, 0.3) is 0 Å². The number of hydrogen-bond acceptors (Lipinski definition) is 1. The molecule has 0 saturated carbocycles. The SMILES string of the molecule is CC(C)(C)CC(C(=O)Nc1ccc(F)c(F)c1F)(C(F)(F)F)C(F)(F)F. The smallest absolute Gasteiger partial charge is 0.322 e. The molecule has 0 unspecified atom stereocenters. The zero-order chi connectivity index (χ0) is 20.7. The number of hydrogen-bond donors (Lipinski definition) is 1. The predicted octanol–water partition coefficient (Wildman–Crippen LogP) is 5.59. The topological polar surface area (TPSA) is 29.1 Å². The van der Waals surface area contributed by atoms with E-state index in [1.54, 1.807) is 0 Å². The van der Waals surface area contributed by atoms with Crippen LogP contribution in [0.25, 0.3) is 0 Å². The van der Waals surface area contributed by atoms with E-state index >= 15 is 0 Å². The molecule has 0 fully saturated rings. The van der Waals surface area contributed by atoms with Crippen LogP contribution < -0.4 is 5.32 Å². The highest BCUT2D eigenvalue weighted by molar-refractivity contribution is 5.96. The molecule has 1 aromatic carbocycles. The maximum atomic E-state index is 13.5. The van der Waals surface area contributed by atoms with E-state index in [0.29, 0.717) is 6.07 Å². The average molecular weight is 395 g/mol. The standard InChI is InChI=1S/C15H14F9NO/c1-12(2,3)6-13(14(19,20)21,15(22,23)24)11(26)25-8-5-4-7(16)9(17)10(8)18/h4-5H,6H2,1-3H3,(H,25,26). The number of anilines is 1. The fraction of sp³-hybridized carbons (Fsp3) is 0.533. The maximum Gasteiger partial charge on any atom is 0.412 e. The van der Waals surface area contributed by atoms with Crippen LogP contribution in [-0.4, -0.2) is 18.3 Å². The number of carbonyl (C=O) groups excluding carboxylic acids is 1. The summed E-state index contributed by atoms with van der Waals surface area (Å²) in [6.45, 7) is 3.14. The van der Waals surface area contributed by atoms with E-state index in [9.17, 15) is 44.3 Å². The van der Waals surface area contributed by atoms with E-state index in [0.717, 1.165) is 26.1 Å². The predicted molar refractivity (Wildman–Crippen MR) is 73.6 cm³/mol. The van der Waals surface area contributed by atoms with Gasteiger partial charge in [0.15, 0.2) is 17.5 Å². The molecule has 2 nitrogen and oxygen atoms in total. The number of rotatable bonds is 3. The van der Waals surface area contributed by atoms with Gasteiger partial charge in [0.2, 0.25) is 11.3 Å². The summed E-state index contributed by atoms with van der Waals surface area (Å²) in [5.74, 6) is -8.64. The van der Waals surface area contributed by atoms with Gasteiger partial charge < -0.3 is 5.32 Å². The Morgan fingerprint density at radius 2 is 1.35 bits per heavy atom. The molecule has 0 aliphatic carbocycles. The fourth-order valence-electron chi connectivity index (χ4n) is 2.35. The van der Waals surface area contributed by atoms with Gasteiger partial charge in [-0.2, -0.15) is 26.3 Å². The van der Waals surface area contributed by atoms with E-state index in [4.69, 9.17) is 0 Å². The summed E-state index contributed by atoms with van der Waals surface area (Å²) in [5, 5.41) is 1.09. The summed E-state index contributed by atoms with van der Waals surface area (Å²) >= 11 is 0. The molecule has 148 valence electrons. The Labute approximate surface area is 142 Å². The number of alkyl halides is 6. The second kappa shape index (κ2) is 6.66. The third kappa shape index (κ3) is 4.07. The maximum absolute atomic E-state index is 13.5. The number of amides is 1. The average Bonchev–Trinajstić information content (AvgIpc) is 2.41. The van der Waals surface area contributed by atoms with Crippen LogP contribution >= 0.6 is 0 Å². The lowest BCUT2D eigenvalue weighted by molar-refractivity contribution is -0.330. The van der Waals surface area contributed by atoms with Gasteiger partial charge in [-0.1, -0.05) is 20.8 Å². The highest BCUT2D eigenvalue weighted by atomic mass is 19.4. The van der Waals surface area contributed by atoms with E-state index in [1.807, 2.05) is 0 Å². The Kier molecular flexibility index (Phi) is 5.66. The molecule has 0 radical (unpaired) electrons. The van der Waals surface area contributed by atoms with Crippen LogP contribution in [-0.2, 0) is 4.79 Å². The quantitative estimate of drug-likeness (QED) is 0.525. The van der Waals surface area contributed by atoms with Gasteiger partial charge in [0, 0.05) is 0 Å². The number of nitrogens with one attached hydrogen (secondary N) is 1. The Morgan fingerprint density at radius 3 is 1.73 bits per heavy atom. The first-order chi connectivity index (χ1) is 11.4. The Hall–Kier alpha value is -1.94. The van der Waals surface area contributed by atoms with Gasteiger partial charge in [-0.15, -0.1) is 0 Å². The normalized spacial score (nSPS) is 13.7. The molecule has 0 heterocycles. The second-order valence-electron chi connectivity index (χ2n) is 6.82. The Bertz CT molecular complexity index is 672. The molecule has 1 amide bonds. The largest absolute Gasteiger partial charge is 0.412 e. The number of benzene rings is 1. The molecule has 0 spiro atoms. The second-order valence-corrected chi connectivity index (χ2v) is 6.82. The van der Waals surface area contributed by atoms with Crippen LogP contribution in [0.5, 0.6) is 0 Å². The minimum Gasteiger partial charge on any atom is -0.322 e. The zero-order valence-electron chi connectivity index (χ0n) is 13.7. The lowest BCUT2D eigenvalue weighted by Gasteiger charge is -2.39. The molecule has 1 N–H and O–H groups in total. The van der Waals surface area contributed by atoms with E-state index in [-0.39, 0.29) is 6.07 Å². The van der Waals surface area contributed by atoms with Crippen molar-refractivity contribution >= 4 is 11.6 Å². The summed E-state index contributed by atoms with van der Waals surface area (Å²) in [4.78, 5) is 12.0. The third-order valence-corrected chi connectivity index (χ3v) is 3.43. The van der Waals surface area contributed by atoms with Crippen molar-refractivity contribution in [2.45, 2.75) is 39.5 Å². The molecule has 0 saturated heterocycles. The van der Waals surface area contributed by atoms with Crippen LogP contribution in [0.4, 0.5) is 45.2 Å². The Morgan fingerprint density at radius 1 is 0.885 bits per heavy atom. The van der Waals surface area contributed by atoms with Crippen molar-refractivity contribution in [1.29, 1.82) is 0 Å². The van der Waals surface area contributed by atoms with Gasteiger partial charge in [0.1, 0.15) is 0 Å². The molecule has 1 rings (SSSR count). The van der Waals surface area contributed by atoms with Gasteiger partial charge in [-0.25, -0.2) is 13.2 Å².